The molecule has 0 saturated heterocycles. The summed E-state index contributed by atoms with van der Waals surface area (Å²) in [6, 6.07) is 17.4. The van der Waals surface area contributed by atoms with E-state index in [1.807, 2.05) is 50.3 Å². The van der Waals surface area contributed by atoms with Crippen LogP contribution in [0.25, 0.3) is 0 Å². The van der Waals surface area contributed by atoms with E-state index in [0.29, 0.717) is 0 Å². The number of rotatable bonds is 5. The molecule has 4 heterocycles. The molecule has 0 aliphatic heterocycles. The molecule has 0 atom stereocenters. The van der Waals surface area contributed by atoms with Crippen LogP contribution in [0.3, 0.4) is 0 Å². The highest BCUT2D eigenvalue weighted by molar-refractivity contribution is 14.2. The minimum atomic E-state index is -0.265. The molecule has 0 aliphatic rings. The molecule has 0 bridgehead atoms. The Kier molecular flexibility index (Phi) is 12.9. The third-order valence-corrected chi connectivity index (χ3v) is 17.4. The van der Waals surface area contributed by atoms with Gasteiger partial charge in [0.05, 0.1) is 0 Å². The molecule has 0 spiro atoms. The Bertz CT molecular complexity index is 780. The van der Waals surface area contributed by atoms with Crippen molar-refractivity contribution in [2.24, 2.45) is 0 Å². The van der Waals surface area contributed by atoms with E-state index < -0.39 is 0 Å². The zero-order valence-corrected chi connectivity index (χ0v) is 25.0. The predicted octanol–water partition coefficient (Wildman–Crippen LogP) is 7.36. The molecule has 0 fully saturated rings. The van der Waals surface area contributed by atoms with E-state index in [0.717, 1.165) is 0 Å². The second kappa shape index (κ2) is 14.2. The normalized spacial score (nSPS) is 10.6. The molecule has 9 heteroatoms. The fraction of sp³-hybridized carbons (Fsp3) is 0.158. The Hall–Kier alpha value is 1.08. The van der Waals surface area contributed by atoms with Gasteiger partial charge in [-0.1, -0.05) is 46.9 Å². The Morgan fingerprint density at radius 3 is 1.21 bits per heavy atom. The summed E-state index contributed by atoms with van der Waals surface area (Å²) in [5.41, 5.74) is -0.0897. The third kappa shape index (κ3) is 7.65. The Morgan fingerprint density at radius 1 is 0.643 bits per heavy atom. The Morgan fingerprint density at radius 2 is 0.964 bits per heavy atom. The van der Waals surface area contributed by atoms with Crippen LogP contribution in [0.4, 0.5) is 0 Å². The standard InChI is InChI=1S/C10H12NPS2.C8H6IPS2.CH3I/c1-11(2)12(9-5-3-7-13-9)10-6-4-8-14-10;9-10(7-3-1-5-11-7)8-4-2-6-12-8;1-2/h3-8H,1-2H3;1-6H;1H3. The number of halogens is 2. The van der Waals surface area contributed by atoms with E-state index in [-0.39, 0.29) is 13.6 Å². The van der Waals surface area contributed by atoms with Crippen molar-refractivity contribution in [2.75, 3.05) is 19.0 Å². The Balaban J connectivity index is 0.000000186. The highest BCUT2D eigenvalue weighted by atomic mass is 127. The molecule has 1 nitrogen and oxygen atoms in total. The van der Waals surface area contributed by atoms with E-state index in [2.05, 4.69) is 133 Å². The van der Waals surface area contributed by atoms with E-state index in [4.69, 9.17) is 0 Å². The summed E-state index contributed by atoms with van der Waals surface area (Å²) < 4.78 is 8.30. The minimum Gasteiger partial charge on any atom is -0.280 e. The zero-order chi connectivity index (χ0) is 20.4. The maximum absolute atomic E-state index is 2.55. The summed E-state index contributed by atoms with van der Waals surface area (Å²) in [5, 5.41) is 8.61. The predicted molar refractivity (Wildman–Crippen MR) is 157 cm³/mol. The maximum atomic E-state index is 2.55. The minimum absolute atomic E-state index is 0.0897. The van der Waals surface area contributed by atoms with E-state index in [1.165, 1.54) is 18.5 Å². The van der Waals surface area contributed by atoms with E-state index in [1.54, 1.807) is 0 Å². The molecular weight excluding hydrogens is 686 g/mol. The molecule has 4 aromatic heterocycles. The first-order valence-electron chi connectivity index (χ1n) is 8.12. The van der Waals surface area contributed by atoms with Gasteiger partial charge in [0, 0.05) is 32.1 Å². The zero-order valence-electron chi connectivity index (χ0n) is 15.7. The number of alkyl halides is 1. The number of nitrogens with zero attached hydrogens (tertiary/aromatic N) is 1. The van der Waals surface area contributed by atoms with Crippen LogP contribution >= 0.6 is 104 Å². The number of hydrogen-bond acceptors (Lipinski definition) is 5. The van der Waals surface area contributed by atoms with Gasteiger partial charge in [0.1, 0.15) is 0 Å². The number of hydrogen-bond donors (Lipinski definition) is 0. The van der Waals surface area contributed by atoms with Crippen molar-refractivity contribution in [2.45, 2.75) is 0 Å². The van der Waals surface area contributed by atoms with Gasteiger partial charge in [-0.2, -0.15) is 0 Å². The maximum Gasteiger partial charge on any atom is 0.0484 e. The molecule has 0 aliphatic carbocycles. The lowest BCUT2D eigenvalue weighted by atomic mass is 10.7. The lowest BCUT2D eigenvalue weighted by Crippen LogP contribution is -2.18. The van der Waals surface area contributed by atoms with Gasteiger partial charge in [-0.15, -0.1) is 45.3 Å². The molecule has 0 radical (unpaired) electrons. The quantitative estimate of drug-likeness (QED) is 0.119. The SMILES string of the molecule is CI.CN(C)P(c1cccs1)c1cccs1.IP(c1cccs1)c1cccs1. The molecule has 150 valence electrons. The Labute approximate surface area is 213 Å². The summed E-state index contributed by atoms with van der Waals surface area (Å²) in [6.07, 6.45) is 0. The van der Waals surface area contributed by atoms with Crippen LogP contribution in [-0.4, -0.2) is 23.7 Å². The molecule has 0 amide bonds. The first-order valence-corrected chi connectivity index (χ1v) is 19.2. The van der Waals surface area contributed by atoms with Crippen molar-refractivity contribution in [1.29, 1.82) is 0 Å². The van der Waals surface area contributed by atoms with Crippen molar-refractivity contribution in [3.8, 4) is 0 Å². The summed E-state index contributed by atoms with van der Waals surface area (Å²) in [7, 11) is 4.05. The monoisotopic (exact) mass is 707 g/mol. The van der Waals surface area contributed by atoms with Crippen molar-refractivity contribution in [3.63, 3.8) is 0 Å². The lowest BCUT2D eigenvalue weighted by molar-refractivity contribution is 0.690. The molecule has 0 saturated carbocycles. The smallest absolute Gasteiger partial charge is 0.0484 e. The summed E-state index contributed by atoms with van der Waals surface area (Å²) in [5.74, 6) is 0. The van der Waals surface area contributed by atoms with Gasteiger partial charge in [-0.25, -0.2) is 0 Å². The largest absolute Gasteiger partial charge is 0.280 e. The fourth-order valence-electron chi connectivity index (χ4n) is 2.16. The van der Waals surface area contributed by atoms with Crippen molar-refractivity contribution in [1.82, 2.24) is 4.67 Å². The van der Waals surface area contributed by atoms with Gasteiger partial charge >= 0.3 is 0 Å². The molecule has 0 aromatic carbocycles. The molecular formula is C19H21I2NP2S4. The topological polar surface area (TPSA) is 3.24 Å². The lowest BCUT2D eigenvalue weighted by Gasteiger charge is -2.21. The first-order chi connectivity index (χ1) is 13.7. The second-order valence-corrected chi connectivity index (χ2v) is 17.1. The second-order valence-electron chi connectivity index (χ2n) is 5.25. The molecule has 28 heavy (non-hydrogen) atoms. The van der Waals surface area contributed by atoms with Crippen molar-refractivity contribution in [3.05, 3.63) is 70.1 Å². The average Bonchev–Trinajstić information content (AvgIpc) is 3.53. The van der Waals surface area contributed by atoms with Crippen LogP contribution in [0.5, 0.6) is 0 Å². The average molecular weight is 707 g/mol. The van der Waals surface area contributed by atoms with Crippen molar-refractivity contribution >= 4 is 122 Å². The van der Waals surface area contributed by atoms with Crippen LogP contribution in [-0.2, 0) is 0 Å². The van der Waals surface area contributed by atoms with E-state index >= 15 is 0 Å². The van der Waals surface area contributed by atoms with Gasteiger partial charge < -0.3 is 0 Å². The highest BCUT2D eigenvalue weighted by Gasteiger charge is 2.18. The van der Waals surface area contributed by atoms with Crippen LogP contribution < -0.4 is 18.5 Å². The molecule has 4 rings (SSSR count). The van der Waals surface area contributed by atoms with Crippen molar-refractivity contribution < 1.29 is 0 Å². The molecule has 0 N–H and O–H groups in total. The molecule has 0 unspecified atom stereocenters. The summed E-state index contributed by atoms with van der Waals surface area (Å²) in [6.45, 7) is 0. The third-order valence-electron chi connectivity index (χ3n) is 3.23. The van der Waals surface area contributed by atoms with Crippen LogP contribution in [0.15, 0.2) is 70.1 Å². The van der Waals surface area contributed by atoms with E-state index in [9.17, 15) is 0 Å². The first kappa shape index (κ1) is 25.3. The highest BCUT2D eigenvalue weighted by Crippen LogP contribution is 2.45. The fourth-order valence-corrected chi connectivity index (χ4v) is 13.9. The van der Waals surface area contributed by atoms with Crippen LogP contribution in [0, 0.1) is 0 Å². The summed E-state index contributed by atoms with van der Waals surface area (Å²) >= 11 is 12.1. The van der Waals surface area contributed by atoms with Gasteiger partial charge in [0.15, 0.2) is 0 Å². The molecule has 4 aromatic rings. The van der Waals surface area contributed by atoms with Crippen LogP contribution in [0.2, 0.25) is 0 Å². The summed E-state index contributed by atoms with van der Waals surface area (Å²) in [4.78, 5) is 1.97. The van der Waals surface area contributed by atoms with Gasteiger partial charge in [-0.05, 0) is 86.9 Å². The van der Waals surface area contributed by atoms with Gasteiger partial charge in [0.2, 0.25) is 0 Å². The van der Waals surface area contributed by atoms with Gasteiger partial charge in [0.25, 0.3) is 0 Å². The van der Waals surface area contributed by atoms with Crippen LogP contribution in [0.1, 0.15) is 0 Å². The van der Waals surface area contributed by atoms with Gasteiger partial charge in [-0.3, -0.25) is 4.67 Å². The number of thiophene rings is 4.